The van der Waals surface area contributed by atoms with E-state index in [1.54, 1.807) is 4.68 Å². The quantitative estimate of drug-likeness (QED) is 0.588. The number of ether oxygens (including phenoxy) is 1. The molecule has 0 bridgehead atoms. The fourth-order valence-electron chi connectivity index (χ4n) is 3.65. The van der Waals surface area contributed by atoms with Gasteiger partial charge in [0.2, 0.25) is 5.91 Å². The summed E-state index contributed by atoms with van der Waals surface area (Å²) in [5, 5.41) is 11.3. The minimum atomic E-state index is -0.111. The molecule has 8 nitrogen and oxygen atoms in total. The maximum absolute atomic E-state index is 12.6. The minimum Gasteiger partial charge on any atom is -0.379 e. The Kier molecular flexibility index (Phi) is 6.64. The van der Waals surface area contributed by atoms with Crippen molar-refractivity contribution in [2.24, 2.45) is 7.05 Å². The highest BCUT2D eigenvalue weighted by atomic mass is 32.1. The maximum Gasteiger partial charge on any atom is 0.261 e. The Balaban J connectivity index is 1.29. The van der Waals surface area contributed by atoms with Gasteiger partial charge >= 0.3 is 0 Å². The fourth-order valence-corrected chi connectivity index (χ4v) is 4.69. The number of fused-ring (bicyclic) bond motifs is 1. The van der Waals surface area contributed by atoms with Crippen molar-refractivity contribution in [2.75, 3.05) is 38.2 Å². The van der Waals surface area contributed by atoms with E-state index in [1.165, 1.54) is 11.3 Å². The first-order valence-electron chi connectivity index (χ1n) is 10.4. The van der Waals surface area contributed by atoms with Gasteiger partial charge in [-0.05, 0) is 30.7 Å². The monoisotopic (exact) mass is 441 g/mol. The van der Waals surface area contributed by atoms with Gasteiger partial charge in [0.1, 0.15) is 4.83 Å². The number of hydrogen-bond acceptors (Lipinski definition) is 6. The number of carbonyl (C=O) groups excluding carboxylic acids is 2. The smallest absolute Gasteiger partial charge is 0.261 e. The third kappa shape index (κ3) is 5.30. The van der Waals surface area contributed by atoms with Crippen LogP contribution in [0.3, 0.4) is 0 Å². The molecule has 1 aliphatic rings. The van der Waals surface area contributed by atoms with Gasteiger partial charge in [0, 0.05) is 50.7 Å². The summed E-state index contributed by atoms with van der Waals surface area (Å²) < 4.78 is 7.13. The summed E-state index contributed by atoms with van der Waals surface area (Å²) in [5.41, 5.74) is 2.59. The molecule has 1 aromatic carbocycles. The Bertz CT molecular complexity index is 1050. The lowest BCUT2D eigenvalue weighted by Crippen LogP contribution is -2.38. The van der Waals surface area contributed by atoms with Gasteiger partial charge < -0.3 is 15.4 Å². The number of hydrogen-bond donors (Lipinski definition) is 2. The van der Waals surface area contributed by atoms with Crippen LogP contribution in [-0.4, -0.2) is 59.3 Å². The molecule has 164 valence electrons. The number of amides is 2. The molecule has 31 heavy (non-hydrogen) atoms. The van der Waals surface area contributed by atoms with Crippen LogP contribution < -0.4 is 10.6 Å². The van der Waals surface area contributed by atoms with Crippen molar-refractivity contribution in [3.05, 3.63) is 46.5 Å². The molecule has 0 radical (unpaired) electrons. The van der Waals surface area contributed by atoms with Crippen molar-refractivity contribution in [1.29, 1.82) is 0 Å². The lowest BCUT2D eigenvalue weighted by Gasteiger charge is -2.26. The lowest BCUT2D eigenvalue weighted by molar-refractivity contribution is -0.116. The number of benzene rings is 1. The van der Waals surface area contributed by atoms with E-state index < -0.39 is 0 Å². The molecule has 3 heterocycles. The van der Waals surface area contributed by atoms with Crippen molar-refractivity contribution in [3.8, 4) is 0 Å². The Morgan fingerprint density at radius 2 is 2.03 bits per heavy atom. The molecule has 0 aliphatic carbocycles. The number of nitrogens with zero attached hydrogens (tertiary/aromatic N) is 3. The number of carbonyl (C=O) groups is 2. The van der Waals surface area contributed by atoms with Gasteiger partial charge in [-0.25, -0.2) is 0 Å². The molecular weight excluding hydrogens is 414 g/mol. The third-order valence-electron chi connectivity index (χ3n) is 5.34. The topological polar surface area (TPSA) is 88.5 Å². The van der Waals surface area contributed by atoms with Crippen molar-refractivity contribution in [1.82, 2.24) is 20.0 Å². The normalized spacial score (nSPS) is 14.6. The molecule has 1 aliphatic heterocycles. The molecule has 0 spiro atoms. The molecule has 2 aromatic heterocycles. The van der Waals surface area contributed by atoms with Crippen LogP contribution in [-0.2, 0) is 23.1 Å². The van der Waals surface area contributed by atoms with Crippen molar-refractivity contribution < 1.29 is 14.3 Å². The van der Waals surface area contributed by atoms with E-state index in [0.717, 1.165) is 60.0 Å². The highest BCUT2D eigenvalue weighted by Gasteiger charge is 2.15. The van der Waals surface area contributed by atoms with Crippen molar-refractivity contribution >= 4 is 39.1 Å². The predicted molar refractivity (Wildman–Crippen MR) is 121 cm³/mol. The van der Waals surface area contributed by atoms with Crippen LogP contribution in [0.25, 0.3) is 10.2 Å². The number of nitrogens with one attached hydrogen (secondary N) is 2. The first-order valence-corrected chi connectivity index (χ1v) is 11.2. The zero-order valence-corrected chi connectivity index (χ0v) is 18.6. The van der Waals surface area contributed by atoms with E-state index in [9.17, 15) is 9.59 Å². The molecular formula is C22H27N5O3S. The fraction of sp³-hybridized carbons (Fsp3) is 0.409. The van der Waals surface area contributed by atoms with E-state index in [4.69, 9.17) is 4.74 Å². The zero-order chi connectivity index (χ0) is 21.8. The van der Waals surface area contributed by atoms with Crippen LogP contribution in [0.4, 0.5) is 5.69 Å². The summed E-state index contributed by atoms with van der Waals surface area (Å²) >= 11 is 1.44. The van der Waals surface area contributed by atoms with Gasteiger partial charge in [-0.15, -0.1) is 11.3 Å². The third-order valence-corrected chi connectivity index (χ3v) is 6.54. The average molecular weight is 442 g/mol. The van der Waals surface area contributed by atoms with Crippen LogP contribution in [0.2, 0.25) is 0 Å². The molecule has 0 saturated carbocycles. The predicted octanol–water partition coefficient (Wildman–Crippen LogP) is 2.53. The second-order valence-electron chi connectivity index (χ2n) is 7.67. The first kappa shape index (κ1) is 21.5. The molecule has 9 heteroatoms. The van der Waals surface area contributed by atoms with Gasteiger partial charge in [0.25, 0.3) is 5.91 Å². The molecule has 2 amide bonds. The maximum atomic E-state index is 12.6. The Hall–Kier alpha value is -2.75. The van der Waals surface area contributed by atoms with Crippen LogP contribution in [0.5, 0.6) is 0 Å². The molecule has 1 fully saturated rings. The van der Waals surface area contributed by atoms with E-state index >= 15 is 0 Å². The van der Waals surface area contributed by atoms with E-state index in [1.807, 2.05) is 44.3 Å². The SMILES string of the molecule is Cc1nn(C)c2sc(C(=O)NCc3cccc(NC(=O)CCN4CCOCC4)c3)cc12. The van der Waals surface area contributed by atoms with E-state index in [0.29, 0.717) is 17.8 Å². The molecule has 1 saturated heterocycles. The van der Waals surface area contributed by atoms with Crippen molar-refractivity contribution in [2.45, 2.75) is 19.9 Å². The number of rotatable bonds is 7. The standard InChI is InChI=1S/C22H27N5O3S/c1-15-18-13-19(31-22(18)26(2)25-15)21(29)23-14-16-4-3-5-17(12-16)24-20(28)6-7-27-8-10-30-11-9-27/h3-5,12-13H,6-11,14H2,1-2H3,(H,23,29)(H,24,28). The van der Waals surface area contributed by atoms with Crippen molar-refractivity contribution in [3.63, 3.8) is 0 Å². The highest BCUT2D eigenvalue weighted by molar-refractivity contribution is 7.20. The number of aromatic nitrogens is 2. The van der Waals surface area contributed by atoms with Gasteiger partial charge in [-0.2, -0.15) is 5.10 Å². The van der Waals surface area contributed by atoms with E-state index in [-0.39, 0.29) is 11.8 Å². The van der Waals surface area contributed by atoms with Crippen LogP contribution in [0, 0.1) is 6.92 Å². The molecule has 4 rings (SSSR count). The first-order chi connectivity index (χ1) is 15.0. The van der Waals surface area contributed by atoms with Gasteiger partial charge in [-0.3, -0.25) is 19.2 Å². The minimum absolute atomic E-state index is 0.0121. The van der Waals surface area contributed by atoms with Crippen LogP contribution in [0.15, 0.2) is 30.3 Å². The number of aryl methyl sites for hydroxylation is 2. The summed E-state index contributed by atoms with van der Waals surface area (Å²) in [7, 11) is 1.88. The summed E-state index contributed by atoms with van der Waals surface area (Å²) in [5.74, 6) is -0.123. The van der Waals surface area contributed by atoms with Gasteiger partial charge in [0.15, 0.2) is 0 Å². The zero-order valence-electron chi connectivity index (χ0n) is 17.8. The summed E-state index contributed by atoms with van der Waals surface area (Å²) in [6.45, 7) is 6.27. The molecule has 0 unspecified atom stereocenters. The summed E-state index contributed by atoms with van der Waals surface area (Å²) in [4.78, 5) is 28.8. The van der Waals surface area contributed by atoms with Gasteiger partial charge in [-0.1, -0.05) is 12.1 Å². The summed E-state index contributed by atoms with van der Waals surface area (Å²) in [6.07, 6.45) is 0.446. The van der Waals surface area contributed by atoms with Gasteiger partial charge in [0.05, 0.1) is 23.8 Å². The largest absolute Gasteiger partial charge is 0.379 e. The van der Waals surface area contributed by atoms with Crippen LogP contribution >= 0.6 is 11.3 Å². The Labute approximate surface area is 185 Å². The van der Waals surface area contributed by atoms with Crippen LogP contribution in [0.1, 0.15) is 27.3 Å². The second-order valence-corrected chi connectivity index (χ2v) is 8.70. The molecule has 3 aromatic rings. The lowest BCUT2D eigenvalue weighted by atomic mass is 10.2. The molecule has 2 N–H and O–H groups in total. The molecule has 0 atom stereocenters. The summed E-state index contributed by atoms with van der Waals surface area (Å²) in [6, 6.07) is 9.46. The Morgan fingerprint density at radius 1 is 1.23 bits per heavy atom. The van der Waals surface area contributed by atoms with E-state index in [2.05, 4.69) is 20.6 Å². The number of thiophene rings is 1. The highest BCUT2D eigenvalue weighted by Crippen LogP contribution is 2.27. The number of morpholine rings is 1. The second kappa shape index (κ2) is 9.59. The number of anilines is 1. The average Bonchev–Trinajstić information content (AvgIpc) is 3.33. The Morgan fingerprint density at radius 3 is 2.81 bits per heavy atom.